The number of nitrogens with zero attached hydrogens (tertiary/aromatic N) is 4. The Balaban J connectivity index is 1.34. The van der Waals surface area contributed by atoms with Gasteiger partial charge in [-0.2, -0.15) is 0 Å². The van der Waals surface area contributed by atoms with Crippen molar-refractivity contribution in [2.75, 3.05) is 43.9 Å². The molecule has 2 aromatic heterocycles. The van der Waals surface area contributed by atoms with Crippen LogP contribution in [0.15, 0.2) is 47.8 Å². The summed E-state index contributed by atoms with van der Waals surface area (Å²) in [4.78, 5) is 44.3. The fourth-order valence-corrected chi connectivity index (χ4v) is 4.31. The number of carbonyl (C=O) groups is 3. The average molecular weight is 471 g/mol. The van der Waals surface area contributed by atoms with Crippen LogP contribution in [0.2, 0.25) is 0 Å². The first-order chi connectivity index (χ1) is 15.9. The lowest BCUT2D eigenvalue weighted by molar-refractivity contribution is -0.134. The monoisotopic (exact) mass is 470 g/mol. The number of Topliss-reactive ketones (excluding diaryl/α,β-unsaturated/α-hetero) is 1. The zero-order valence-corrected chi connectivity index (χ0v) is 19.1. The molecule has 172 valence electrons. The highest BCUT2D eigenvalue weighted by Crippen LogP contribution is 2.23. The van der Waals surface area contributed by atoms with E-state index in [1.165, 1.54) is 24.8 Å². The standard InChI is InChI=1S/C23H23FN4O4S/c1-15(29)16-6-7-18(17(24)13-16)26-9-11-27(12-10-26)20(30)14-32-22(31)21-19-5-3-4-8-28(19)23(25-21)33-2/h3-8,13H,9-12,14H2,1-2H3. The SMILES string of the molecule is CSc1nc(C(=O)OCC(=O)N2CCN(c3ccc(C(C)=O)cc3F)CC2)c2ccccn12. The van der Waals surface area contributed by atoms with Gasteiger partial charge < -0.3 is 14.5 Å². The van der Waals surface area contributed by atoms with E-state index in [0.29, 0.717) is 48.1 Å². The molecule has 8 nitrogen and oxygen atoms in total. The fourth-order valence-electron chi connectivity index (χ4n) is 3.77. The topological polar surface area (TPSA) is 84.2 Å². The van der Waals surface area contributed by atoms with Crippen LogP contribution in [0.1, 0.15) is 27.8 Å². The van der Waals surface area contributed by atoms with Gasteiger partial charge in [0.25, 0.3) is 5.91 Å². The van der Waals surface area contributed by atoms with Gasteiger partial charge in [-0.3, -0.25) is 14.0 Å². The maximum atomic E-state index is 14.4. The lowest BCUT2D eigenvalue weighted by Gasteiger charge is -2.36. The number of hydrogen-bond donors (Lipinski definition) is 0. The fraction of sp³-hybridized carbons (Fsp3) is 0.304. The molecule has 0 bridgehead atoms. The normalized spacial score (nSPS) is 13.9. The molecule has 0 N–H and O–H groups in total. The number of esters is 1. The van der Waals surface area contributed by atoms with Gasteiger partial charge in [0.2, 0.25) is 0 Å². The van der Waals surface area contributed by atoms with Crippen LogP contribution in [0.3, 0.4) is 0 Å². The van der Waals surface area contributed by atoms with E-state index in [2.05, 4.69) is 4.98 Å². The minimum Gasteiger partial charge on any atom is -0.451 e. The molecule has 0 radical (unpaired) electrons. The number of aromatic nitrogens is 2. The number of halogens is 1. The van der Waals surface area contributed by atoms with E-state index in [0.717, 1.165) is 0 Å². The van der Waals surface area contributed by atoms with Crippen LogP contribution >= 0.6 is 11.8 Å². The first kappa shape index (κ1) is 22.8. The van der Waals surface area contributed by atoms with Crippen LogP contribution in [0.5, 0.6) is 0 Å². The summed E-state index contributed by atoms with van der Waals surface area (Å²) in [5.74, 6) is -1.63. The molecule has 10 heteroatoms. The Hall–Kier alpha value is -3.40. The predicted molar refractivity (Wildman–Crippen MR) is 122 cm³/mol. The van der Waals surface area contributed by atoms with Crippen LogP contribution in [-0.4, -0.2) is 71.0 Å². The summed E-state index contributed by atoms with van der Waals surface area (Å²) < 4.78 is 21.5. The van der Waals surface area contributed by atoms with Crippen molar-refractivity contribution in [1.82, 2.24) is 14.3 Å². The minimum absolute atomic E-state index is 0.169. The number of imidazole rings is 1. The van der Waals surface area contributed by atoms with Crippen LogP contribution in [0.4, 0.5) is 10.1 Å². The van der Waals surface area contributed by atoms with Crippen molar-refractivity contribution in [3.8, 4) is 0 Å². The first-order valence-electron chi connectivity index (χ1n) is 10.4. The molecule has 1 saturated heterocycles. The third kappa shape index (κ3) is 4.70. The Labute approximate surface area is 194 Å². The Morgan fingerprint density at radius 2 is 1.88 bits per heavy atom. The summed E-state index contributed by atoms with van der Waals surface area (Å²) in [6.07, 6.45) is 3.68. The van der Waals surface area contributed by atoms with Crippen molar-refractivity contribution in [2.45, 2.75) is 12.1 Å². The number of hydrogen-bond acceptors (Lipinski definition) is 7. The number of fused-ring (bicyclic) bond motifs is 1. The Bertz CT molecular complexity index is 1220. The number of ketones is 1. The van der Waals surface area contributed by atoms with E-state index in [9.17, 15) is 18.8 Å². The number of pyridine rings is 1. The molecule has 33 heavy (non-hydrogen) atoms. The molecular formula is C23H23FN4O4S. The van der Waals surface area contributed by atoms with Gasteiger partial charge in [0, 0.05) is 37.9 Å². The lowest BCUT2D eigenvalue weighted by atomic mass is 10.1. The number of anilines is 1. The number of thioether (sulfide) groups is 1. The van der Waals surface area contributed by atoms with Crippen molar-refractivity contribution in [2.24, 2.45) is 0 Å². The van der Waals surface area contributed by atoms with Crippen molar-refractivity contribution in [3.63, 3.8) is 0 Å². The van der Waals surface area contributed by atoms with Crippen molar-refractivity contribution < 1.29 is 23.5 Å². The minimum atomic E-state index is -0.654. The zero-order chi connectivity index (χ0) is 23.5. The molecule has 0 aliphatic carbocycles. The summed E-state index contributed by atoms with van der Waals surface area (Å²) in [5, 5.41) is 0.656. The molecule has 1 amide bonds. The summed E-state index contributed by atoms with van der Waals surface area (Å²) in [6.45, 7) is 2.60. The Morgan fingerprint density at radius 1 is 1.12 bits per heavy atom. The van der Waals surface area contributed by atoms with Crippen molar-refractivity contribution in [1.29, 1.82) is 0 Å². The second-order valence-electron chi connectivity index (χ2n) is 7.57. The molecule has 0 atom stereocenters. The first-order valence-corrected chi connectivity index (χ1v) is 11.6. The third-order valence-corrected chi connectivity index (χ3v) is 6.20. The van der Waals surface area contributed by atoms with Gasteiger partial charge in [-0.1, -0.05) is 17.8 Å². The van der Waals surface area contributed by atoms with Gasteiger partial charge >= 0.3 is 5.97 Å². The Morgan fingerprint density at radius 3 is 2.55 bits per heavy atom. The second kappa shape index (κ2) is 9.62. The molecule has 4 rings (SSSR count). The molecule has 1 aliphatic rings. The van der Waals surface area contributed by atoms with Crippen LogP contribution in [0.25, 0.3) is 5.52 Å². The molecule has 1 fully saturated rings. The maximum absolute atomic E-state index is 14.4. The van der Waals surface area contributed by atoms with Crippen LogP contribution < -0.4 is 4.90 Å². The largest absolute Gasteiger partial charge is 0.451 e. The molecule has 0 unspecified atom stereocenters. The lowest BCUT2D eigenvalue weighted by Crippen LogP contribution is -2.50. The van der Waals surface area contributed by atoms with Gasteiger partial charge in [0.1, 0.15) is 5.82 Å². The Kier molecular flexibility index (Phi) is 6.64. The zero-order valence-electron chi connectivity index (χ0n) is 18.3. The number of benzene rings is 1. The number of amides is 1. The van der Waals surface area contributed by atoms with E-state index >= 15 is 0 Å². The van der Waals surface area contributed by atoms with Gasteiger partial charge in [-0.05, 0) is 43.5 Å². The highest BCUT2D eigenvalue weighted by Gasteiger charge is 2.25. The molecule has 3 heterocycles. The molecule has 0 saturated carbocycles. The van der Waals surface area contributed by atoms with Crippen LogP contribution in [0, 0.1) is 5.82 Å². The van der Waals surface area contributed by atoms with Crippen molar-refractivity contribution >= 4 is 40.6 Å². The number of carbonyl (C=O) groups excluding carboxylic acids is 3. The second-order valence-corrected chi connectivity index (χ2v) is 8.34. The predicted octanol–water partition coefficient (Wildman–Crippen LogP) is 2.90. The summed E-state index contributed by atoms with van der Waals surface area (Å²) in [5.41, 5.74) is 1.50. The number of rotatable bonds is 6. The van der Waals surface area contributed by atoms with E-state index < -0.39 is 11.8 Å². The molecule has 0 spiro atoms. The van der Waals surface area contributed by atoms with E-state index in [1.54, 1.807) is 33.6 Å². The summed E-state index contributed by atoms with van der Waals surface area (Å²) in [6, 6.07) is 9.83. The smallest absolute Gasteiger partial charge is 0.359 e. The molecule has 1 aromatic carbocycles. The highest BCUT2D eigenvalue weighted by molar-refractivity contribution is 7.98. The van der Waals surface area contributed by atoms with Crippen LogP contribution in [-0.2, 0) is 9.53 Å². The van der Waals surface area contributed by atoms with E-state index in [4.69, 9.17) is 4.74 Å². The highest BCUT2D eigenvalue weighted by atomic mass is 32.2. The molecule has 1 aliphatic heterocycles. The van der Waals surface area contributed by atoms with E-state index in [-0.39, 0.29) is 24.0 Å². The molecular weight excluding hydrogens is 447 g/mol. The number of ether oxygens (including phenoxy) is 1. The van der Waals surface area contributed by atoms with Gasteiger partial charge in [0.15, 0.2) is 23.2 Å². The summed E-state index contributed by atoms with van der Waals surface area (Å²) in [7, 11) is 0. The molecule has 3 aromatic rings. The van der Waals surface area contributed by atoms with Gasteiger partial charge in [0.05, 0.1) is 11.2 Å². The van der Waals surface area contributed by atoms with E-state index in [1.807, 2.05) is 23.4 Å². The van der Waals surface area contributed by atoms with Gasteiger partial charge in [-0.25, -0.2) is 14.2 Å². The maximum Gasteiger partial charge on any atom is 0.359 e. The van der Waals surface area contributed by atoms with Crippen molar-refractivity contribution in [3.05, 3.63) is 59.7 Å². The van der Waals surface area contributed by atoms with Gasteiger partial charge in [-0.15, -0.1) is 0 Å². The quantitative estimate of drug-likeness (QED) is 0.311. The summed E-state index contributed by atoms with van der Waals surface area (Å²) >= 11 is 1.41. The third-order valence-electron chi connectivity index (χ3n) is 5.55. The average Bonchev–Trinajstić information content (AvgIpc) is 3.21. The number of piperazine rings is 1.